The van der Waals surface area contributed by atoms with Gasteiger partial charge in [0.05, 0.1) is 13.0 Å². The molecule has 0 bridgehead atoms. The van der Waals surface area contributed by atoms with Crippen LogP contribution in [-0.4, -0.2) is 19.6 Å². The maximum absolute atomic E-state index is 12.5. The van der Waals surface area contributed by atoms with E-state index in [1.165, 1.54) is 5.56 Å². The number of likely N-dealkylation sites (N-methyl/N-ethyl adjacent to an activating group) is 1. The van der Waals surface area contributed by atoms with Crippen molar-refractivity contribution in [2.45, 2.75) is 19.8 Å². The Morgan fingerprint density at radius 2 is 2.09 bits per heavy atom. The Labute approximate surface area is 139 Å². The van der Waals surface area contributed by atoms with Gasteiger partial charge in [-0.15, -0.1) is 0 Å². The normalized spacial score (nSPS) is 12.7. The van der Waals surface area contributed by atoms with Crippen molar-refractivity contribution in [1.29, 1.82) is 0 Å². The summed E-state index contributed by atoms with van der Waals surface area (Å²) in [4.78, 5) is 14.3. The molecule has 0 atom stereocenters. The van der Waals surface area contributed by atoms with E-state index in [-0.39, 0.29) is 5.91 Å². The second kappa shape index (κ2) is 6.13. The summed E-state index contributed by atoms with van der Waals surface area (Å²) in [7, 11) is 1.83. The molecule has 2 aromatic rings. The highest BCUT2D eigenvalue weighted by molar-refractivity contribution is 9.10. The maximum Gasteiger partial charge on any atom is 0.231 e. The molecule has 114 valence electrons. The summed E-state index contributed by atoms with van der Waals surface area (Å²) in [6, 6.07) is 12.0. The minimum absolute atomic E-state index is 0.0873. The van der Waals surface area contributed by atoms with Gasteiger partial charge in [0.25, 0.3) is 0 Å². The van der Waals surface area contributed by atoms with E-state index in [9.17, 15) is 4.79 Å². The third kappa shape index (κ3) is 3.02. The average Bonchev–Trinajstić information content (AvgIpc) is 2.94. The van der Waals surface area contributed by atoms with E-state index in [1.54, 1.807) is 4.90 Å². The summed E-state index contributed by atoms with van der Waals surface area (Å²) in [6.07, 6.45) is 1.33. The van der Waals surface area contributed by atoms with Crippen molar-refractivity contribution < 1.29 is 9.53 Å². The quantitative estimate of drug-likeness (QED) is 0.831. The van der Waals surface area contributed by atoms with Gasteiger partial charge in [-0.2, -0.15) is 0 Å². The smallest absolute Gasteiger partial charge is 0.231 e. The maximum atomic E-state index is 12.5. The first-order valence-electron chi connectivity index (χ1n) is 7.32. The van der Waals surface area contributed by atoms with Gasteiger partial charge in [0, 0.05) is 23.6 Å². The van der Waals surface area contributed by atoms with E-state index in [0.29, 0.717) is 6.42 Å². The Morgan fingerprint density at radius 3 is 2.86 bits per heavy atom. The van der Waals surface area contributed by atoms with Crippen molar-refractivity contribution in [3.63, 3.8) is 0 Å². The van der Waals surface area contributed by atoms with E-state index in [1.807, 2.05) is 44.3 Å². The molecule has 0 radical (unpaired) electrons. The SMILES string of the molecule is Cc1cc(Br)ccc1N(C)C(=O)Cc1ccc2c(c1)CCO2. The van der Waals surface area contributed by atoms with Crippen LogP contribution in [0.3, 0.4) is 0 Å². The zero-order chi connectivity index (χ0) is 15.7. The fraction of sp³-hybridized carbons (Fsp3) is 0.278. The molecule has 22 heavy (non-hydrogen) atoms. The Morgan fingerprint density at radius 1 is 1.27 bits per heavy atom. The number of nitrogens with zero attached hydrogens (tertiary/aromatic N) is 1. The zero-order valence-electron chi connectivity index (χ0n) is 12.7. The molecule has 0 saturated heterocycles. The molecule has 0 aromatic heterocycles. The lowest BCUT2D eigenvalue weighted by Crippen LogP contribution is -2.28. The van der Waals surface area contributed by atoms with Crippen molar-refractivity contribution in [2.24, 2.45) is 0 Å². The number of hydrogen-bond donors (Lipinski definition) is 0. The first-order valence-corrected chi connectivity index (χ1v) is 8.11. The minimum atomic E-state index is 0.0873. The summed E-state index contributed by atoms with van der Waals surface area (Å²) in [5.74, 6) is 1.04. The van der Waals surface area contributed by atoms with Crippen LogP contribution < -0.4 is 9.64 Å². The van der Waals surface area contributed by atoms with Crippen molar-refractivity contribution >= 4 is 27.5 Å². The summed E-state index contributed by atoms with van der Waals surface area (Å²) >= 11 is 3.45. The highest BCUT2D eigenvalue weighted by atomic mass is 79.9. The molecule has 0 N–H and O–H groups in total. The van der Waals surface area contributed by atoms with Crippen molar-refractivity contribution in [2.75, 3.05) is 18.6 Å². The molecule has 1 aliphatic rings. The summed E-state index contributed by atoms with van der Waals surface area (Å²) in [5, 5.41) is 0. The van der Waals surface area contributed by atoms with Gasteiger partial charge in [-0.3, -0.25) is 4.79 Å². The number of hydrogen-bond acceptors (Lipinski definition) is 2. The third-order valence-electron chi connectivity index (χ3n) is 4.00. The molecule has 3 rings (SSSR count). The molecule has 1 heterocycles. The van der Waals surface area contributed by atoms with E-state index >= 15 is 0 Å². The molecule has 1 aliphatic heterocycles. The average molecular weight is 360 g/mol. The Hall–Kier alpha value is -1.81. The molecule has 2 aromatic carbocycles. The second-order valence-corrected chi connectivity index (χ2v) is 6.52. The first-order chi connectivity index (χ1) is 10.5. The van der Waals surface area contributed by atoms with Crippen LogP contribution in [0.5, 0.6) is 5.75 Å². The van der Waals surface area contributed by atoms with E-state index in [4.69, 9.17) is 4.74 Å². The Bertz CT molecular complexity index is 727. The largest absolute Gasteiger partial charge is 0.493 e. The summed E-state index contributed by atoms with van der Waals surface area (Å²) in [6.45, 7) is 2.75. The van der Waals surface area contributed by atoms with Gasteiger partial charge in [0.2, 0.25) is 5.91 Å². The zero-order valence-corrected chi connectivity index (χ0v) is 14.3. The van der Waals surface area contributed by atoms with Crippen LogP contribution in [0.4, 0.5) is 5.69 Å². The number of anilines is 1. The van der Waals surface area contributed by atoms with Crippen LogP contribution in [0.15, 0.2) is 40.9 Å². The lowest BCUT2D eigenvalue weighted by Gasteiger charge is -2.20. The molecule has 0 aliphatic carbocycles. The minimum Gasteiger partial charge on any atom is -0.493 e. The van der Waals surface area contributed by atoms with Gasteiger partial charge in [-0.05, 0) is 47.9 Å². The van der Waals surface area contributed by atoms with Gasteiger partial charge in [-0.1, -0.05) is 28.1 Å². The number of ether oxygens (including phenoxy) is 1. The van der Waals surface area contributed by atoms with Crippen molar-refractivity contribution in [3.8, 4) is 5.75 Å². The van der Waals surface area contributed by atoms with Crippen LogP contribution in [0, 0.1) is 6.92 Å². The number of carbonyl (C=O) groups is 1. The molecule has 1 amide bonds. The van der Waals surface area contributed by atoms with Crippen LogP contribution in [0.2, 0.25) is 0 Å². The van der Waals surface area contributed by atoms with Crippen LogP contribution in [0.25, 0.3) is 0 Å². The molecule has 4 heteroatoms. The fourth-order valence-electron chi connectivity index (χ4n) is 2.77. The number of rotatable bonds is 3. The fourth-order valence-corrected chi connectivity index (χ4v) is 3.25. The predicted octanol–water partition coefficient (Wildman–Crippen LogP) is 3.90. The summed E-state index contributed by atoms with van der Waals surface area (Å²) < 4.78 is 6.52. The number of benzene rings is 2. The molecule has 0 unspecified atom stereocenters. The predicted molar refractivity (Wildman–Crippen MR) is 91.6 cm³/mol. The van der Waals surface area contributed by atoms with Crippen molar-refractivity contribution in [1.82, 2.24) is 0 Å². The number of aryl methyl sites for hydroxylation is 1. The van der Waals surface area contributed by atoms with Crippen molar-refractivity contribution in [3.05, 3.63) is 57.6 Å². The lowest BCUT2D eigenvalue weighted by molar-refractivity contribution is -0.117. The van der Waals surface area contributed by atoms with Crippen LogP contribution in [0.1, 0.15) is 16.7 Å². The van der Waals surface area contributed by atoms with Gasteiger partial charge >= 0.3 is 0 Å². The molecular weight excluding hydrogens is 342 g/mol. The topological polar surface area (TPSA) is 29.5 Å². The highest BCUT2D eigenvalue weighted by Gasteiger charge is 2.16. The standard InChI is InChI=1S/C18H18BrNO2/c1-12-9-15(19)4-5-16(12)20(2)18(21)11-13-3-6-17-14(10-13)7-8-22-17/h3-6,9-10H,7-8,11H2,1-2H3. The molecule has 0 fully saturated rings. The highest BCUT2D eigenvalue weighted by Crippen LogP contribution is 2.27. The third-order valence-corrected chi connectivity index (χ3v) is 4.50. The van der Waals surface area contributed by atoms with E-state index in [2.05, 4.69) is 22.0 Å². The van der Waals surface area contributed by atoms with Gasteiger partial charge in [-0.25, -0.2) is 0 Å². The van der Waals surface area contributed by atoms with Crippen LogP contribution >= 0.6 is 15.9 Å². The van der Waals surface area contributed by atoms with E-state index in [0.717, 1.165) is 40.1 Å². The molecule has 3 nitrogen and oxygen atoms in total. The van der Waals surface area contributed by atoms with Gasteiger partial charge in [0.15, 0.2) is 0 Å². The second-order valence-electron chi connectivity index (χ2n) is 5.60. The lowest BCUT2D eigenvalue weighted by atomic mass is 10.1. The molecule has 0 spiro atoms. The molecule has 0 saturated carbocycles. The van der Waals surface area contributed by atoms with Crippen LogP contribution in [-0.2, 0) is 17.6 Å². The number of carbonyl (C=O) groups excluding carboxylic acids is 1. The Kier molecular flexibility index (Phi) is 4.21. The van der Waals surface area contributed by atoms with E-state index < -0.39 is 0 Å². The summed E-state index contributed by atoms with van der Waals surface area (Å²) in [5.41, 5.74) is 4.26. The first kappa shape index (κ1) is 15.1. The number of halogens is 1. The van der Waals surface area contributed by atoms with Gasteiger partial charge in [0.1, 0.15) is 5.75 Å². The number of amides is 1. The molecular formula is C18H18BrNO2. The number of fused-ring (bicyclic) bond motifs is 1. The van der Waals surface area contributed by atoms with Gasteiger partial charge < -0.3 is 9.64 Å². The monoisotopic (exact) mass is 359 g/mol. The Balaban J connectivity index is 1.76.